The van der Waals surface area contributed by atoms with Crippen LogP contribution >= 0.6 is 0 Å². The summed E-state index contributed by atoms with van der Waals surface area (Å²) in [6.07, 6.45) is -0.0588. The zero-order valence-corrected chi connectivity index (χ0v) is 10.8. The number of alkyl halides is 2. The fourth-order valence-electron chi connectivity index (χ4n) is 1.77. The predicted octanol–water partition coefficient (Wildman–Crippen LogP) is 4.01. The Labute approximate surface area is 106 Å². The van der Waals surface area contributed by atoms with Crippen molar-refractivity contribution in [1.29, 1.82) is 0 Å². The van der Waals surface area contributed by atoms with Gasteiger partial charge in [0, 0.05) is 11.5 Å². The molecule has 0 bridgehead atoms. The van der Waals surface area contributed by atoms with Gasteiger partial charge in [-0.25, -0.2) is 8.78 Å². The molecular formula is C14H18F2O2. The maximum atomic E-state index is 13.9. The molecule has 0 aromatic heterocycles. The lowest BCUT2D eigenvalue weighted by molar-refractivity contribution is -0.137. The fraction of sp³-hybridized carbons (Fsp3) is 0.500. The SMILES string of the molecule is CC(CC(=O)O)c1cccc(C(F)(F)C(C)C)c1. The number of aliphatic carboxylic acids is 1. The highest BCUT2D eigenvalue weighted by Gasteiger charge is 2.35. The highest BCUT2D eigenvalue weighted by Crippen LogP contribution is 2.36. The molecule has 0 radical (unpaired) electrons. The second-order valence-corrected chi connectivity index (χ2v) is 4.90. The van der Waals surface area contributed by atoms with Crippen molar-refractivity contribution in [1.82, 2.24) is 0 Å². The molecule has 1 unspecified atom stereocenters. The molecule has 1 N–H and O–H groups in total. The van der Waals surface area contributed by atoms with E-state index in [1.807, 2.05) is 0 Å². The molecule has 0 heterocycles. The summed E-state index contributed by atoms with van der Waals surface area (Å²) in [5.41, 5.74) is 0.586. The Morgan fingerprint density at radius 2 is 1.94 bits per heavy atom. The Kier molecular flexibility index (Phi) is 4.43. The van der Waals surface area contributed by atoms with Crippen molar-refractivity contribution >= 4 is 5.97 Å². The van der Waals surface area contributed by atoms with Crippen LogP contribution < -0.4 is 0 Å². The lowest BCUT2D eigenvalue weighted by atomic mass is 9.91. The van der Waals surface area contributed by atoms with E-state index in [4.69, 9.17) is 5.11 Å². The molecule has 100 valence electrons. The van der Waals surface area contributed by atoms with Gasteiger partial charge in [0.1, 0.15) is 0 Å². The van der Waals surface area contributed by atoms with Gasteiger partial charge in [-0.05, 0) is 17.5 Å². The molecule has 0 fully saturated rings. The van der Waals surface area contributed by atoms with Gasteiger partial charge in [-0.2, -0.15) is 0 Å². The summed E-state index contributed by atoms with van der Waals surface area (Å²) in [6, 6.07) is 6.04. The average molecular weight is 256 g/mol. The van der Waals surface area contributed by atoms with Crippen molar-refractivity contribution < 1.29 is 18.7 Å². The first-order chi connectivity index (χ1) is 8.25. The summed E-state index contributed by atoms with van der Waals surface area (Å²) in [7, 11) is 0. The van der Waals surface area contributed by atoms with Crippen LogP contribution in [0.2, 0.25) is 0 Å². The fourth-order valence-corrected chi connectivity index (χ4v) is 1.77. The van der Waals surface area contributed by atoms with Crippen molar-refractivity contribution in [2.75, 3.05) is 0 Å². The van der Waals surface area contributed by atoms with Gasteiger partial charge in [0.2, 0.25) is 0 Å². The second-order valence-electron chi connectivity index (χ2n) is 4.90. The number of benzene rings is 1. The first kappa shape index (κ1) is 14.6. The van der Waals surface area contributed by atoms with Crippen molar-refractivity contribution in [3.63, 3.8) is 0 Å². The van der Waals surface area contributed by atoms with E-state index in [2.05, 4.69) is 0 Å². The summed E-state index contributed by atoms with van der Waals surface area (Å²) in [4.78, 5) is 10.6. The Hall–Kier alpha value is -1.45. The topological polar surface area (TPSA) is 37.3 Å². The van der Waals surface area contributed by atoms with Crippen LogP contribution in [0.4, 0.5) is 8.78 Å². The van der Waals surface area contributed by atoms with Crippen LogP contribution in [0.3, 0.4) is 0 Å². The molecule has 1 rings (SSSR count). The number of carboxylic acids is 1. The average Bonchev–Trinajstić information content (AvgIpc) is 2.28. The molecular weight excluding hydrogens is 238 g/mol. The Bertz CT molecular complexity index is 428. The minimum Gasteiger partial charge on any atom is -0.481 e. The zero-order valence-electron chi connectivity index (χ0n) is 10.8. The minimum atomic E-state index is -2.89. The third-order valence-electron chi connectivity index (χ3n) is 3.05. The molecule has 0 aliphatic heterocycles. The Morgan fingerprint density at radius 3 is 2.44 bits per heavy atom. The van der Waals surface area contributed by atoms with Crippen molar-refractivity contribution in [3.05, 3.63) is 35.4 Å². The van der Waals surface area contributed by atoms with E-state index < -0.39 is 17.8 Å². The standard InChI is InChI=1S/C14H18F2O2/c1-9(2)14(15,16)12-6-4-5-11(8-12)10(3)7-13(17)18/h4-6,8-10H,7H2,1-3H3,(H,17,18). The highest BCUT2D eigenvalue weighted by atomic mass is 19.3. The molecule has 2 nitrogen and oxygen atoms in total. The molecule has 0 aliphatic rings. The maximum absolute atomic E-state index is 13.9. The first-order valence-corrected chi connectivity index (χ1v) is 5.95. The molecule has 1 aromatic carbocycles. The normalized spacial score (nSPS) is 13.7. The van der Waals surface area contributed by atoms with E-state index >= 15 is 0 Å². The third kappa shape index (κ3) is 3.28. The maximum Gasteiger partial charge on any atom is 0.303 e. The smallest absolute Gasteiger partial charge is 0.303 e. The van der Waals surface area contributed by atoms with Crippen molar-refractivity contribution in [3.8, 4) is 0 Å². The number of carboxylic acid groups (broad SMARTS) is 1. The molecule has 0 spiro atoms. The lowest BCUT2D eigenvalue weighted by Gasteiger charge is -2.22. The van der Waals surface area contributed by atoms with Gasteiger partial charge in [-0.15, -0.1) is 0 Å². The molecule has 1 aromatic rings. The number of hydrogen-bond donors (Lipinski definition) is 1. The molecule has 18 heavy (non-hydrogen) atoms. The van der Waals surface area contributed by atoms with Gasteiger partial charge >= 0.3 is 5.97 Å². The number of carbonyl (C=O) groups is 1. The van der Waals surface area contributed by atoms with E-state index in [1.165, 1.54) is 26.0 Å². The monoisotopic (exact) mass is 256 g/mol. The number of halogens is 2. The molecule has 1 atom stereocenters. The van der Waals surface area contributed by atoms with Crippen LogP contribution in [0.1, 0.15) is 44.2 Å². The van der Waals surface area contributed by atoms with E-state index in [1.54, 1.807) is 19.1 Å². The van der Waals surface area contributed by atoms with Crippen LogP contribution in [0.25, 0.3) is 0 Å². The van der Waals surface area contributed by atoms with Gasteiger partial charge < -0.3 is 5.11 Å². The number of hydrogen-bond acceptors (Lipinski definition) is 1. The second kappa shape index (κ2) is 5.46. The van der Waals surface area contributed by atoms with Crippen molar-refractivity contribution in [2.24, 2.45) is 5.92 Å². The van der Waals surface area contributed by atoms with Gasteiger partial charge in [-0.3, -0.25) is 4.79 Å². The van der Waals surface area contributed by atoms with E-state index in [0.29, 0.717) is 5.56 Å². The first-order valence-electron chi connectivity index (χ1n) is 5.95. The third-order valence-corrected chi connectivity index (χ3v) is 3.05. The molecule has 0 aliphatic carbocycles. The highest BCUT2D eigenvalue weighted by molar-refractivity contribution is 5.68. The molecule has 0 saturated carbocycles. The largest absolute Gasteiger partial charge is 0.481 e. The van der Waals surface area contributed by atoms with Crippen LogP contribution in [0.15, 0.2) is 24.3 Å². The predicted molar refractivity (Wildman–Crippen MR) is 65.8 cm³/mol. The van der Waals surface area contributed by atoms with Gasteiger partial charge in [0.25, 0.3) is 5.92 Å². The summed E-state index contributed by atoms with van der Waals surface area (Å²) in [6.45, 7) is 4.65. The summed E-state index contributed by atoms with van der Waals surface area (Å²) in [5.74, 6) is -4.88. The lowest BCUT2D eigenvalue weighted by Crippen LogP contribution is -2.21. The molecule has 0 saturated heterocycles. The Balaban J connectivity index is 3.02. The summed E-state index contributed by atoms with van der Waals surface area (Å²) in [5, 5.41) is 8.71. The van der Waals surface area contributed by atoms with Crippen LogP contribution in [-0.2, 0) is 10.7 Å². The van der Waals surface area contributed by atoms with E-state index in [9.17, 15) is 13.6 Å². The zero-order chi connectivity index (χ0) is 13.9. The molecule has 0 amide bonds. The van der Waals surface area contributed by atoms with E-state index in [0.717, 1.165) is 0 Å². The van der Waals surface area contributed by atoms with Crippen LogP contribution in [-0.4, -0.2) is 11.1 Å². The van der Waals surface area contributed by atoms with Crippen LogP contribution in [0, 0.1) is 5.92 Å². The molecule has 4 heteroatoms. The van der Waals surface area contributed by atoms with Gasteiger partial charge in [0.15, 0.2) is 0 Å². The van der Waals surface area contributed by atoms with Crippen LogP contribution in [0.5, 0.6) is 0 Å². The minimum absolute atomic E-state index is 0.0489. The Morgan fingerprint density at radius 1 is 1.33 bits per heavy atom. The quantitative estimate of drug-likeness (QED) is 0.864. The summed E-state index contributed by atoms with van der Waals surface area (Å²) < 4.78 is 27.7. The van der Waals surface area contributed by atoms with Gasteiger partial charge in [0.05, 0.1) is 6.42 Å². The van der Waals surface area contributed by atoms with Gasteiger partial charge in [-0.1, -0.05) is 39.0 Å². The van der Waals surface area contributed by atoms with Crippen molar-refractivity contribution in [2.45, 2.75) is 39.0 Å². The summed E-state index contributed by atoms with van der Waals surface area (Å²) >= 11 is 0. The number of rotatable bonds is 5. The van der Waals surface area contributed by atoms with E-state index in [-0.39, 0.29) is 17.9 Å².